The van der Waals surface area contributed by atoms with Crippen LogP contribution in [-0.2, 0) is 9.59 Å². The second kappa shape index (κ2) is 15.9. The first-order valence-corrected chi connectivity index (χ1v) is 5.63. The van der Waals surface area contributed by atoms with Crippen molar-refractivity contribution in [2.75, 3.05) is 0 Å². The number of carbonyl (C=O) groups is 2. The number of hydrogen-bond donors (Lipinski definition) is 2. The van der Waals surface area contributed by atoms with Crippen LogP contribution in [0.3, 0.4) is 0 Å². The first-order chi connectivity index (χ1) is 7.40. The van der Waals surface area contributed by atoms with Gasteiger partial charge in [0.1, 0.15) is 0 Å². The van der Waals surface area contributed by atoms with Gasteiger partial charge in [-0.15, -0.1) is 0 Å². The van der Waals surface area contributed by atoms with Gasteiger partial charge in [-0.05, 0) is 5.92 Å². The van der Waals surface area contributed by atoms with Crippen molar-refractivity contribution in [1.29, 1.82) is 0 Å². The molecule has 0 bridgehead atoms. The molecule has 2 N–H and O–H groups in total. The van der Waals surface area contributed by atoms with Crippen LogP contribution in [0.5, 0.6) is 0 Å². The summed E-state index contributed by atoms with van der Waals surface area (Å²) in [5.41, 5.74) is 0. The van der Waals surface area contributed by atoms with Gasteiger partial charge in [0.25, 0.3) is 0 Å². The molecule has 0 spiro atoms. The molecule has 0 heterocycles. The van der Waals surface area contributed by atoms with E-state index in [0.29, 0.717) is 0 Å². The van der Waals surface area contributed by atoms with Crippen molar-refractivity contribution in [3.63, 3.8) is 0 Å². The molecule has 0 atom stereocenters. The van der Waals surface area contributed by atoms with Crippen molar-refractivity contribution < 1.29 is 49.4 Å². The fraction of sp³-hybridized carbons (Fsp3) is 0.750. The average Bonchev–Trinajstić information content (AvgIpc) is 2.16. The summed E-state index contributed by atoms with van der Waals surface area (Å²) in [6, 6.07) is 0. The molecule has 0 aromatic carbocycles. The SMILES string of the molecule is O=C(O)CCC(=O)O.[CH2-]CCCCC(C)C.[Na+]. The second-order valence-corrected chi connectivity index (χ2v) is 4.03. The van der Waals surface area contributed by atoms with Gasteiger partial charge in [-0.25, -0.2) is 0 Å². The van der Waals surface area contributed by atoms with Gasteiger partial charge in [0.15, 0.2) is 0 Å². The van der Waals surface area contributed by atoms with Gasteiger partial charge in [0, 0.05) is 0 Å². The third-order valence-corrected chi connectivity index (χ3v) is 1.83. The van der Waals surface area contributed by atoms with Gasteiger partial charge in [0.2, 0.25) is 0 Å². The van der Waals surface area contributed by atoms with E-state index in [-0.39, 0.29) is 42.4 Å². The molecular formula is C12H23NaO4. The molecule has 0 aliphatic carbocycles. The van der Waals surface area contributed by atoms with Gasteiger partial charge in [0.05, 0.1) is 12.8 Å². The van der Waals surface area contributed by atoms with E-state index in [2.05, 4.69) is 20.8 Å². The quantitative estimate of drug-likeness (QED) is 0.380. The van der Waals surface area contributed by atoms with E-state index in [1.54, 1.807) is 0 Å². The molecule has 0 radical (unpaired) electrons. The minimum absolute atomic E-state index is 0. The molecule has 17 heavy (non-hydrogen) atoms. The number of hydrogen-bond acceptors (Lipinski definition) is 2. The largest absolute Gasteiger partial charge is 1.00 e. The predicted octanol–water partition coefficient (Wildman–Crippen LogP) is -0.0233. The Labute approximate surface area is 126 Å². The molecule has 0 aromatic heterocycles. The van der Waals surface area contributed by atoms with E-state index >= 15 is 0 Å². The second-order valence-electron chi connectivity index (χ2n) is 4.03. The molecule has 96 valence electrons. The molecule has 0 saturated carbocycles. The Morgan fingerprint density at radius 1 is 1.06 bits per heavy atom. The summed E-state index contributed by atoms with van der Waals surface area (Å²) in [7, 11) is 0. The predicted molar refractivity (Wildman–Crippen MR) is 63.2 cm³/mol. The topological polar surface area (TPSA) is 74.6 Å². The van der Waals surface area contributed by atoms with Gasteiger partial charge < -0.3 is 17.1 Å². The molecule has 0 amide bonds. The van der Waals surface area contributed by atoms with Crippen LogP contribution in [0.15, 0.2) is 0 Å². The average molecular weight is 254 g/mol. The first-order valence-electron chi connectivity index (χ1n) is 5.63. The van der Waals surface area contributed by atoms with E-state index in [1.807, 2.05) is 0 Å². The van der Waals surface area contributed by atoms with Crippen LogP contribution in [0.25, 0.3) is 0 Å². The maximum Gasteiger partial charge on any atom is 1.00 e. The molecule has 0 aromatic rings. The van der Waals surface area contributed by atoms with Crippen LogP contribution >= 0.6 is 0 Å². The summed E-state index contributed by atoms with van der Waals surface area (Å²) in [6.07, 6.45) is 4.55. The minimum atomic E-state index is -1.08. The fourth-order valence-electron chi connectivity index (χ4n) is 0.943. The zero-order chi connectivity index (χ0) is 13.0. The van der Waals surface area contributed by atoms with Crippen LogP contribution in [0.4, 0.5) is 0 Å². The van der Waals surface area contributed by atoms with E-state index in [0.717, 1.165) is 12.3 Å². The van der Waals surface area contributed by atoms with E-state index in [1.165, 1.54) is 19.3 Å². The molecule has 0 aliphatic heterocycles. The Morgan fingerprint density at radius 2 is 1.47 bits per heavy atom. The summed E-state index contributed by atoms with van der Waals surface area (Å²) in [5.74, 6) is -1.28. The van der Waals surface area contributed by atoms with Crippen LogP contribution in [0, 0.1) is 12.8 Å². The zero-order valence-corrected chi connectivity index (χ0v) is 13.2. The van der Waals surface area contributed by atoms with Crippen molar-refractivity contribution in [2.45, 2.75) is 52.4 Å². The number of carboxylic acid groups (broad SMARTS) is 2. The summed E-state index contributed by atoms with van der Waals surface area (Å²) in [4.78, 5) is 19.3. The smallest absolute Gasteiger partial charge is 0.481 e. The van der Waals surface area contributed by atoms with Crippen molar-refractivity contribution in [3.05, 3.63) is 6.92 Å². The van der Waals surface area contributed by atoms with Crippen LogP contribution in [-0.4, -0.2) is 22.2 Å². The Bertz CT molecular complexity index is 179. The number of aliphatic carboxylic acids is 2. The van der Waals surface area contributed by atoms with Gasteiger partial charge in [-0.1, -0.05) is 33.1 Å². The monoisotopic (exact) mass is 254 g/mol. The van der Waals surface area contributed by atoms with Crippen molar-refractivity contribution in [3.8, 4) is 0 Å². The normalized spacial score (nSPS) is 8.94. The van der Waals surface area contributed by atoms with Crippen LogP contribution in [0.1, 0.15) is 52.4 Å². The van der Waals surface area contributed by atoms with E-state index in [4.69, 9.17) is 10.2 Å². The minimum Gasteiger partial charge on any atom is -0.481 e. The molecule has 0 aliphatic rings. The number of unbranched alkanes of at least 4 members (excludes halogenated alkanes) is 2. The summed E-state index contributed by atoms with van der Waals surface area (Å²) < 4.78 is 0. The third-order valence-electron chi connectivity index (χ3n) is 1.83. The Kier molecular flexibility index (Phi) is 20.8. The molecule has 0 fully saturated rings. The van der Waals surface area contributed by atoms with Gasteiger partial charge >= 0.3 is 41.5 Å². The Hall–Kier alpha value is -0.0600. The summed E-state index contributed by atoms with van der Waals surface area (Å²) >= 11 is 0. The number of rotatable bonds is 7. The van der Waals surface area contributed by atoms with Crippen molar-refractivity contribution in [2.24, 2.45) is 5.92 Å². The molecule has 5 heteroatoms. The first kappa shape index (κ1) is 22.1. The third kappa shape index (κ3) is 31.4. The Morgan fingerprint density at radius 3 is 1.71 bits per heavy atom. The van der Waals surface area contributed by atoms with Crippen LogP contribution < -0.4 is 29.6 Å². The molecule has 0 saturated heterocycles. The van der Waals surface area contributed by atoms with E-state index in [9.17, 15) is 9.59 Å². The maximum absolute atomic E-state index is 9.64. The fourth-order valence-corrected chi connectivity index (χ4v) is 0.943. The van der Waals surface area contributed by atoms with Crippen molar-refractivity contribution >= 4 is 11.9 Å². The summed E-state index contributed by atoms with van der Waals surface area (Å²) in [5, 5.41) is 15.8. The maximum atomic E-state index is 9.64. The van der Waals surface area contributed by atoms with Gasteiger partial charge in [-0.2, -0.15) is 6.42 Å². The zero-order valence-electron chi connectivity index (χ0n) is 11.2. The standard InChI is InChI=1S/C8H17.C4H6O4.Na/c1-4-5-6-7-8(2)3;5-3(6)1-2-4(7)8;/h8H,1,4-7H2,2-3H3;1-2H2,(H,5,6)(H,7,8);/q-1;;+1. The van der Waals surface area contributed by atoms with Crippen LogP contribution in [0.2, 0.25) is 0 Å². The molecule has 0 unspecified atom stereocenters. The molecule has 0 rings (SSSR count). The van der Waals surface area contributed by atoms with Gasteiger partial charge in [-0.3, -0.25) is 9.59 Å². The van der Waals surface area contributed by atoms with Crippen molar-refractivity contribution in [1.82, 2.24) is 0 Å². The number of carboxylic acids is 2. The van der Waals surface area contributed by atoms with E-state index < -0.39 is 11.9 Å². The Balaban J connectivity index is -0.000000218. The summed E-state index contributed by atoms with van der Waals surface area (Å²) in [6.45, 7) is 8.32. The molecular weight excluding hydrogens is 231 g/mol. The molecule has 4 nitrogen and oxygen atoms in total.